The normalized spacial score (nSPS) is 9.94. The number of aryl methyl sites for hydroxylation is 1. The van der Waals surface area contributed by atoms with E-state index in [1.807, 2.05) is 19.1 Å². The van der Waals surface area contributed by atoms with Gasteiger partial charge in [-0.2, -0.15) is 5.26 Å². The Balaban J connectivity index is 2.12. The Bertz CT molecular complexity index is 573. The van der Waals surface area contributed by atoms with Gasteiger partial charge in [-0.05, 0) is 13.0 Å². The molecule has 0 unspecified atom stereocenters. The maximum absolute atomic E-state index is 8.81. The number of pyridine rings is 1. The third-order valence-electron chi connectivity index (χ3n) is 2.12. The first-order chi connectivity index (χ1) is 8.20. The smallest absolute Gasteiger partial charge is 0.156 e. The van der Waals surface area contributed by atoms with Crippen LogP contribution in [0, 0.1) is 18.3 Å². The van der Waals surface area contributed by atoms with Crippen LogP contribution in [0.3, 0.4) is 0 Å². The minimum Gasteiger partial charge on any atom is -0.361 e. The van der Waals surface area contributed by atoms with Gasteiger partial charge in [-0.1, -0.05) is 16.8 Å². The number of hydrogen-bond acceptors (Lipinski definition) is 5. The van der Waals surface area contributed by atoms with Gasteiger partial charge < -0.3 is 9.84 Å². The quantitative estimate of drug-likeness (QED) is 0.903. The van der Waals surface area contributed by atoms with E-state index in [1.54, 1.807) is 6.07 Å². The summed E-state index contributed by atoms with van der Waals surface area (Å²) in [5, 5.41) is 15.9. The van der Waals surface area contributed by atoms with Gasteiger partial charge in [-0.25, -0.2) is 4.98 Å². The largest absolute Gasteiger partial charge is 0.361 e. The molecule has 0 radical (unpaired) electrons. The average molecular weight is 249 g/mol. The number of nitrogens with one attached hydrogen (secondary N) is 1. The van der Waals surface area contributed by atoms with Crippen LogP contribution < -0.4 is 5.32 Å². The highest BCUT2D eigenvalue weighted by atomic mass is 35.5. The van der Waals surface area contributed by atoms with Gasteiger partial charge in [0.25, 0.3) is 0 Å². The molecule has 0 aliphatic rings. The average Bonchev–Trinajstić information content (AvgIpc) is 2.74. The lowest BCUT2D eigenvalue weighted by Gasteiger charge is -2.05. The minimum atomic E-state index is 0.311. The van der Waals surface area contributed by atoms with E-state index < -0.39 is 0 Å². The topological polar surface area (TPSA) is 74.7 Å². The maximum Gasteiger partial charge on any atom is 0.156 e. The van der Waals surface area contributed by atoms with Crippen LogP contribution in [0.2, 0.25) is 5.02 Å². The predicted octanol–water partition coefficient (Wildman–Crippen LogP) is 2.52. The van der Waals surface area contributed by atoms with Gasteiger partial charge in [0.1, 0.15) is 16.9 Å². The lowest BCUT2D eigenvalue weighted by atomic mass is 10.3. The van der Waals surface area contributed by atoms with Crippen molar-refractivity contribution in [2.45, 2.75) is 13.5 Å². The van der Waals surface area contributed by atoms with Gasteiger partial charge in [0.05, 0.1) is 17.8 Å². The molecule has 0 aromatic carbocycles. The molecule has 0 bridgehead atoms. The molecule has 17 heavy (non-hydrogen) atoms. The molecule has 0 fully saturated rings. The molecule has 5 nitrogen and oxygen atoms in total. The molecular weight excluding hydrogens is 240 g/mol. The summed E-state index contributed by atoms with van der Waals surface area (Å²) in [7, 11) is 0. The second-order valence-corrected chi connectivity index (χ2v) is 3.80. The van der Waals surface area contributed by atoms with Gasteiger partial charge in [0.2, 0.25) is 0 Å². The first kappa shape index (κ1) is 11.4. The molecule has 2 aromatic rings. The number of anilines is 1. The van der Waals surface area contributed by atoms with E-state index in [4.69, 9.17) is 21.4 Å². The summed E-state index contributed by atoms with van der Waals surface area (Å²) in [6.45, 7) is 2.26. The molecule has 0 saturated heterocycles. The fourth-order valence-electron chi connectivity index (χ4n) is 1.32. The zero-order valence-electron chi connectivity index (χ0n) is 9.07. The van der Waals surface area contributed by atoms with Crippen LogP contribution in [-0.4, -0.2) is 10.1 Å². The Hall–Kier alpha value is -2.06. The third kappa shape index (κ3) is 2.55. The Kier molecular flexibility index (Phi) is 3.26. The van der Waals surface area contributed by atoms with Crippen LogP contribution in [0.4, 0.5) is 5.82 Å². The van der Waals surface area contributed by atoms with Crippen molar-refractivity contribution in [3.05, 3.63) is 40.4 Å². The highest BCUT2D eigenvalue weighted by Crippen LogP contribution is 2.23. The minimum absolute atomic E-state index is 0.311. The number of nitrogens with zero attached hydrogens (tertiary/aromatic N) is 3. The summed E-state index contributed by atoms with van der Waals surface area (Å²) in [5.74, 6) is 1.14. The Morgan fingerprint density at radius 1 is 1.59 bits per heavy atom. The van der Waals surface area contributed by atoms with Crippen LogP contribution in [0.5, 0.6) is 0 Å². The van der Waals surface area contributed by atoms with E-state index >= 15 is 0 Å². The summed E-state index contributed by atoms with van der Waals surface area (Å²) < 4.78 is 5.03. The highest BCUT2D eigenvalue weighted by molar-refractivity contribution is 6.34. The van der Waals surface area contributed by atoms with Crippen molar-refractivity contribution in [2.24, 2.45) is 0 Å². The maximum atomic E-state index is 8.81. The van der Waals surface area contributed by atoms with E-state index in [-0.39, 0.29) is 0 Å². The van der Waals surface area contributed by atoms with Gasteiger partial charge in [0.15, 0.2) is 5.76 Å². The molecule has 0 amide bonds. The number of nitriles is 1. The molecule has 0 saturated carbocycles. The molecule has 0 atom stereocenters. The van der Waals surface area contributed by atoms with Gasteiger partial charge >= 0.3 is 0 Å². The molecule has 0 aliphatic carbocycles. The SMILES string of the molecule is Cc1cc(CNc2nccc(C#N)c2Cl)on1. The molecular formula is C11H9ClN4O. The van der Waals surface area contributed by atoms with Crippen molar-refractivity contribution in [3.8, 4) is 6.07 Å². The molecule has 86 valence electrons. The van der Waals surface area contributed by atoms with Crippen molar-refractivity contribution < 1.29 is 4.52 Å². The Labute approximate surface area is 103 Å². The third-order valence-corrected chi connectivity index (χ3v) is 2.50. The van der Waals surface area contributed by atoms with Crippen molar-refractivity contribution in [1.82, 2.24) is 10.1 Å². The van der Waals surface area contributed by atoms with Crippen molar-refractivity contribution in [3.63, 3.8) is 0 Å². The fourth-order valence-corrected chi connectivity index (χ4v) is 1.54. The van der Waals surface area contributed by atoms with Crippen LogP contribution in [0.1, 0.15) is 17.0 Å². The van der Waals surface area contributed by atoms with Gasteiger partial charge in [-0.3, -0.25) is 0 Å². The van der Waals surface area contributed by atoms with E-state index in [2.05, 4.69) is 15.5 Å². The predicted molar refractivity (Wildman–Crippen MR) is 62.5 cm³/mol. The number of halogens is 1. The van der Waals surface area contributed by atoms with E-state index in [9.17, 15) is 0 Å². The summed E-state index contributed by atoms with van der Waals surface area (Å²) in [4.78, 5) is 4.05. The molecule has 1 N–H and O–H groups in total. The zero-order chi connectivity index (χ0) is 12.3. The second-order valence-electron chi connectivity index (χ2n) is 3.42. The first-order valence-corrected chi connectivity index (χ1v) is 5.29. The second kappa shape index (κ2) is 4.85. The lowest BCUT2D eigenvalue weighted by Crippen LogP contribution is -2.01. The summed E-state index contributed by atoms with van der Waals surface area (Å²) >= 11 is 5.99. The van der Waals surface area contributed by atoms with Crippen molar-refractivity contribution in [2.75, 3.05) is 5.32 Å². The number of rotatable bonds is 3. The van der Waals surface area contributed by atoms with Crippen LogP contribution in [0.25, 0.3) is 0 Å². The van der Waals surface area contributed by atoms with Crippen LogP contribution >= 0.6 is 11.6 Å². The lowest BCUT2D eigenvalue weighted by molar-refractivity contribution is 0.384. The van der Waals surface area contributed by atoms with Crippen LogP contribution in [0.15, 0.2) is 22.9 Å². The monoisotopic (exact) mass is 248 g/mol. The number of aromatic nitrogens is 2. The van der Waals surface area contributed by atoms with E-state index in [0.717, 1.165) is 5.69 Å². The first-order valence-electron chi connectivity index (χ1n) is 4.91. The summed E-state index contributed by atoms with van der Waals surface area (Å²) in [6, 6.07) is 5.37. The zero-order valence-corrected chi connectivity index (χ0v) is 9.82. The van der Waals surface area contributed by atoms with E-state index in [0.29, 0.717) is 28.7 Å². The van der Waals surface area contributed by atoms with Gasteiger partial charge in [0, 0.05) is 12.3 Å². The standard InChI is InChI=1S/C11H9ClN4O/c1-7-4-9(17-16-7)6-15-11-10(12)8(5-13)2-3-14-11/h2-4H,6H2,1H3,(H,14,15). The molecule has 6 heteroatoms. The van der Waals surface area contributed by atoms with E-state index in [1.165, 1.54) is 6.20 Å². The highest BCUT2D eigenvalue weighted by Gasteiger charge is 2.08. The Morgan fingerprint density at radius 2 is 2.41 bits per heavy atom. The molecule has 2 rings (SSSR count). The molecule has 0 aliphatic heterocycles. The molecule has 2 heterocycles. The van der Waals surface area contributed by atoms with Crippen molar-refractivity contribution >= 4 is 17.4 Å². The van der Waals surface area contributed by atoms with Crippen LogP contribution in [-0.2, 0) is 6.54 Å². The summed E-state index contributed by atoms with van der Waals surface area (Å²) in [6.07, 6.45) is 1.53. The fraction of sp³-hybridized carbons (Fsp3) is 0.182. The van der Waals surface area contributed by atoms with Crippen molar-refractivity contribution in [1.29, 1.82) is 5.26 Å². The van der Waals surface area contributed by atoms with Gasteiger partial charge in [-0.15, -0.1) is 0 Å². The Morgan fingerprint density at radius 3 is 3.06 bits per heavy atom. The summed E-state index contributed by atoms with van der Waals surface area (Å²) in [5.41, 5.74) is 1.20. The molecule has 0 spiro atoms. The number of hydrogen-bond donors (Lipinski definition) is 1. The molecule has 2 aromatic heterocycles.